The van der Waals surface area contributed by atoms with Gasteiger partial charge in [-0.25, -0.2) is 4.68 Å². The number of phenols is 1. The van der Waals surface area contributed by atoms with Gasteiger partial charge in [0.05, 0.1) is 18.5 Å². The fourth-order valence-corrected chi connectivity index (χ4v) is 4.22. The summed E-state index contributed by atoms with van der Waals surface area (Å²) < 4.78 is 7.81. The predicted molar refractivity (Wildman–Crippen MR) is 122 cm³/mol. The van der Waals surface area contributed by atoms with Gasteiger partial charge in [-0.15, -0.1) is 0 Å². The van der Waals surface area contributed by atoms with Crippen molar-refractivity contribution in [2.45, 2.75) is 6.04 Å². The lowest BCUT2D eigenvalue weighted by Crippen LogP contribution is -2.21. The summed E-state index contributed by atoms with van der Waals surface area (Å²) in [5, 5.41) is 18.3. The standard InChI is InChI=1S/C24H18BrN3O3/c1-31-16-9-6-14(7-10-16)20-13-21(17-4-2-3-5-22(17)29)28(27-20)23-18-12-15(25)8-11-19(18)26-24(23)30/h2-13,23,29H,1H3,(H,26,30)/t23-/m1/s1. The molecule has 0 saturated carbocycles. The Morgan fingerprint density at radius 3 is 2.58 bits per heavy atom. The number of carbonyl (C=O) groups excluding carboxylic acids is 1. The minimum absolute atomic E-state index is 0.123. The number of anilines is 1. The van der Waals surface area contributed by atoms with Crippen molar-refractivity contribution in [1.29, 1.82) is 0 Å². The van der Waals surface area contributed by atoms with Gasteiger partial charge in [0.1, 0.15) is 11.5 Å². The molecule has 0 bridgehead atoms. The van der Waals surface area contributed by atoms with E-state index in [1.807, 2.05) is 60.7 Å². The number of halogens is 1. The Bertz CT molecular complexity index is 1300. The molecule has 6 nitrogen and oxygen atoms in total. The van der Waals surface area contributed by atoms with Crippen LogP contribution in [0.5, 0.6) is 11.5 Å². The van der Waals surface area contributed by atoms with E-state index >= 15 is 0 Å². The van der Waals surface area contributed by atoms with Crippen molar-refractivity contribution in [1.82, 2.24) is 9.78 Å². The molecule has 1 aliphatic rings. The Morgan fingerprint density at radius 2 is 1.84 bits per heavy atom. The van der Waals surface area contributed by atoms with Crippen LogP contribution in [0.3, 0.4) is 0 Å². The fourth-order valence-electron chi connectivity index (χ4n) is 3.84. The Hall–Kier alpha value is -3.58. The van der Waals surface area contributed by atoms with E-state index in [2.05, 4.69) is 21.2 Å². The van der Waals surface area contributed by atoms with Crippen molar-refractivity contribution in [3.63, 3.8) is 0 Å². The Kier molecular flexibility index (Phi) is 4.75. The van der Waals surface area contributed by atoms with Crippen LogP contribution in [-0.4, -0.2) is 27.9 Å². The van der Waals surface area contributed by atoms with Gasteiger partial charge in [0.15, 0.2) is 6.04 Å². The molecule has 154 valence electrons. The first-order chi connectivity index (χ1) is 15.0. The van der Waals surface area contributed by atoms with Gasteiger partial charge in [-0.05, 0) is 60.7 Å². The zero-order valence-electron chi connectivity index (χ0n) is 16.5. The molecule has 0 aliphatic carbocycles. The van der Waals surface area contributed by atoms with Crippen molar-refractivity contribution in [3.8, 4) is 34.0 Å². The number of phenolic OH excluding ortho intramolecular Hbond substituents is 1. The van der Waals surface area contributed by atoms with E-state index in [0.29, 0.717) is 17.0 Å². The van der Waals surface area contributed by atoms with Gasteiger partial charge in [0.25, 0.3) is 5.91 Å². The number of carbonyl (C=O) groups is 1. The molecule has 7 heteroatoms. The average Bonchev–Trinajstić information content (AvgIpc) is 3.34. The number of methoxy groups -OCH3 is 1. The van der Waals surface area contributed by atoms with E-state index in [1.165, 1.54) is 0 Å². The highest BCUT2D eigenvalue weighted by Gasteiger charge is 2.35. The Balaban J connectivity index is 1.71. The number of rotatable bonds is 4. The molecule has 0 spiro atoms. The molecule has 0 radical (unpaired) electrons. The third kappa shape index (κ3) is 3.37. The van der Waals surface area contributed by atoms with Crippen molar-refractivity contribution in [2.75, 3.05) is 12.4 Å². The molecule has 0 saturated heterocycles. The van der Waals surface area contributed by atoms with E-state index in [-0.39, 0.29) is 11.7 Å². The monoisotopic (exact) mass is 475 g/mol. The highest BCUT2D eigenvalue weighted by molar-refractivity contribution is 9.10. The Labute approximate surface area is 187 Å². The Morgan fingerprint density at radius 1 is 1.06 bits per heavy atom. The molecule has 1 amide bonds. The van der Waals surface area contributed by atoms with Gasteiger partial charge in [-0.2, -0.15) is 5.10 Å². The molecule has 0 unspecified atom stereocenters. The van der Waals surface area contributed by atoms with Crippen LogP contribution in [-0.2, 0) is 4.79 Å². The van der Waals surface area contributed by atoms with Crippen LogP contribution in [0.25, 0.3) is 22.5 Å². The summed E-state index contributed by atoms with van der Waals surface area (Å²) in [6, 6.07) is 21.5. The van der Waals surface area contributed by atoms with Crippen LogP contribution in [0, 0.1) is 0 Å². The normalized spacial score (nSPS) is 14.9. The number of nitrogens with zero attached hydrogens (tertiary/aromatic N) is 2. The van der Waals surface area contributed by atoms with E-state index in [4.69, 9.17) is 9.84 Å². The molecule has 1 atom stereocenters. The number of amides is 1. The van der Waals surface area contributed by atoms with Gasteiger partial charge in [0, 0.05) is 26.9 Å². The fraction of sp³-hybridized carbons (Fsp3) is 0.0833. The second-order valence-corrected chi connectivity index (χ2v) is 8.14. The molecule has 1 aromatic heterocycles. The molecular formula is C24H18BrN3O3. The second-order valence-electron chi connectivity index (χ2n) is 7.23. The number of para-hydroxylation sites is 1. The number of benzene rings is 3. The maximum Gasteiger partial charge on any atom is 0.253 e. The van der Waals surface area contributed by atoms with Crippen LogP contribution >= 0.6 is 15.9 Å². The van der Waals surface area contributed by atoms with Crippen LogP contribution < -0.4 is 10.1 Å². The number of ether oxygens (including phenoxy) is 1. The minimum Gasteiger partial charge on any atom is -0.507 e. The molecule has 3 aromatic carbocycles. The summed E-state index contributed by atoms with van der Waals surface area (Å²) >= 11 is 3.49. The maximum absolute atomic E-state index is 13.0. The van der Waals surface area contributed by atoms with Gasteiger partial charge in [-0.3, -0.25) is 4.79 Å². The second kappa shape index (κ2) is 7.59. The highest BCUT2D eigenvalue weighted by atomic mass is 79.9. The zero-order valence-corrected chi connectivity index (χ0v) is 18.1. The zero-order chi connectivity index (χ0) is 21.5. The smallest absolute Gasteiger partial charge is 0.253 e. The molecule has 0 fully saturated rings. The van der Waals surface area contributed by atoms with Crippen LogP contribution in [0.15, 0.2) is 77.3 Å². The van der Waals surface area contributed by atoms with Gasteiger partial charge >= 0.3 is 0 Å². The van der Waals surface area contributed by atoms with E-state index in [0.717, 1.165) is 27.0 Å². The molecule has 2 N–H and O–H groups in total. The summed E-state index contributed by atoms with van der Waals surface area (Å²) in [6.45, 7) is 0. The summed E-state index contributed by atoms with van der Waals surface area (Å²) in [7, 11) is 1.62. The number of fused-ring (bicyclic) bond motifs is 1. The lowest BCUT2D eigenvalue weighted by Gasteiger charge is -2.15. The van der Waals surface area contributed by atoms with Crippen LogP contribution in [0.4, 0.5) is 5.69 Å². The highest BCUT2D eigenvalue weighted by Crippen LogP contribution is 2.40. The average molecular weight is 476 g/mol. The van der Waals surface area contributed by atoms with Gasteiger partial charge in [0.2, 0.25) is 0 Å². The predicted octanol–water partition coefficient (Wildman–Crippen LogP) is 5.24. The summed E-state index contributed by atoms with van der Waals surface area (Å²) in [5.41, 5.74) is 4.40. The maximum atomic E-state index is 13.0. The first-order valence-corrected chi connectivity index (χ1v) is 10.5. The number of hydrogen-bond acceptors (Lipinski definition) is 4. The number of aromatic nitrogens is 2. The van der Waals surface area contributed by atoms with Crippen LogP contribution in [0.2, 0.25) is 0 Å². The van der Waals surface area contributed by atoms with Crippen molar-refractivity contribution >= 4 is 27.5 Å². The molecule has 2 heterocycles. The summed E-state index contributed by atoms with van der Waals surface area (Å²) in [6.07, 6.45) is 0. The number of aromatic hydroxyl groups is 1. The largest absolute Gasteiger partial charge is 0.507 e. The molecule has 4 aromatic rings. The number of hydrogen-bond donors (Lipinski definition) is 2. The minimum atomic E-state index is -0.658. The number of nitrogens with one attached hydrogen (secondary N) is 1. The molecular weight excluding hydrogens is 458 g/mol. The van der Waals surface area contributed by atoms with E-state index < -0.39 is 6.04 Å². The quantitative estimate of drug-likeness (QED) is 0.423. The molecule has 1 aliphatic heterocycles. The van der Waals surface area contributed by atoms with Crippen molar-refractivity contribution < 1.29 is 14.6 Å². The van der Waals surface area contributed by atoms with Crippen molar-refractivity contribution in [3.05, 3.63) is 82.8 Å². The SMILES string of the molecule is COc1ccc(-c2cc(-c3ccccc3O)n([C@H]3C(=O)Nc4ccc(Br)cc43)n2)cc1. The third-order valence-electron chi connectivity index (χ3n) is 5.36. The van der Waals surface area contributed by atoms with Gasteiger partial charge < -0.3 is 15.2 Å². The van der Waals surface area contributed by atoms with E-state index in [9.17, 15) is 9.90 Å². The lowest BCUT2D eigenvalue weighted by molar-refractivity contribution is -0.117. The summed E-state index contributed by atoms with van der Waals surface area (Å²) in [4.78, 5) is 13.0. The van der Waals surface area contributed by atoms with Gasteiger partial charge in [-0.1, -0.05) is 28.1 Å². The molecule has 5 rings (SSSR count). The van der Waals surface area contributed by atoms with E-state index in [1.54, 1.807) is 23.9 Å². The van der Waals surface area contributed by atoms with Crippen molar-refractivity contribution in [2.24, 2.45) is 0 Å². The topological polar surface area (TPSA) is 76.4 Å². The summed E-state index contributed by atoms with van der Waals surface area (Å²) in [5.74, 6) is 0.699. The molecule has 31 heavy (non-hydrogen) atoms. The third-order valence-corrected chi connectivity index (χ3v) is 5.85. The lowest BCUT2D eigenvalue weighted by atomic mass is 10.1. The van der Waals surface area contributed by atoms with Crippen LogP contribution in [0.1, 0.15) is 11.6 Å². The first kappa shape index (κ1) is 19.4. The first-order valence-electron chi connectivity index (χ1n) is 9.68.